The number of rotatable bonds is 6. The average molecular weight is 290 g/mol. The lowest BCUT2D eigenvalue weighted by Crippen LogP contribution is -2.40. The van der Waals surface area contributed by atoms with Gasteiger partial charge in [-0.3, -0.25) is 9.89 Å². The largest absolute Gasteiger partial charge is 0.480 e. The third-order valence-electron chi connectivity index (χ3n) is 3.31. The first kappa shape index (κ1) is 15.0. The van der Waals surface area contributed by atoms with E-state index < -0.39 is 17.9 Å². The van der Waals surface area contributed by atoms with Crippen molar-refractivity contribution >= 4 is 22.9 Å². The zero-order chi connectivity index (χ0) is 15.4. The molecule has 0 aliphatic rings. The van der Waals surface area contributed by atoms with E-state index in [4.69, 9.17) is 5.11 Å². The van der Waals surface area contributed by atoms with Crippen molar-refractivity contribution in [3.8, 4) is 0 Å². The predicted molar refractivity (Wildman–Crippen MR) is 77.0 cm³/mol. The molecule has 0 saturated heterocycles. The van der Waals surface area contributed by atoms with Crippen molar-refractivity contribution in [1.29, 1.82) is 0 Å². The molecule has 0 aromatic carbocycles. The van der Waals surface area contributed by atoms with Crippen LogP contribution in [0.25, 0.3) is 11.0 Å². The summed E-state index contributed by atoms with van der Waals surface area (Å²) >= 11 is 0. The Bertz CT molecular complexity index is 665. The molecular formula is C14H18N4O3. The van der Waals surface area contributed by atoms with Gasteiger partial charge in [0.2, 0.25) is 0 Å². The number of aliphatic carboxylic acids is 1. The molecule has 0 aliphatic heterocycles. The summed E-state index contributed by atoms with van der Waals surface area (Å²) in [7, 11) is 0. The summed E-state index contributed by atoms with van der Waals surface area (Å²) in [5, 5.41) is 19.2. The first-order valence-electron chi connectivity index (χ1n) is 6.87. The van der Waals surface area contributed by atoms with E-state index in [2.05, 4.69) is 20.5 Å². The van der Waals surface area contributed by atoms with E-state index >= 15 is 0 Å². The molecule has 0 spiro atoms. The van der Waals surface area contributed by atoms with Crippen molar-refractivity contribution in [2.24, 2.45) is 0 Å². The van der Waals surface area contributed by atoms with E-state index in [0.29, 0.717) is 17.6 Å². The maximum Gasteiger partial charge on any atom is 0.326 e. The van der Waals surface area contributed by atoms with Gasteiger partial charge < -0.3 is 10.4 Å². The summed E-state index contributed by atoms with van der Waals surface area (Å²) < 4.78 is 0. The molecule has 1 atom stereocenters. The van der Waals surface area contributed by atoms with E-state index in [1.165, 1.54) is 6.20 Å². The van der Waals surface area contributed by atoms with Crippen molar-refractivity contribution in [2.75, 3.05) is 0 Å². The molecule has 2 heterocycles. The lowest BCUT2D eigenvalue weighted by atomic mass is 10.1. The third kappa shape index (κ3) is 3.36. The fourth-order valence-corrected chi connectivity index (χ4v) is 2.05. The van der Waals surface area contributed by atoms with Gasteiger partial charge in [-0.2, -0.15) is 5.10 Å². The minimum absolute atomic E-state index is 0.328. The van der Waals surface area contributed by atoms with Gasteiger partial charge in [0.1, 0.15) is 6.04 Å². The zero-order valence-electron chi connectivity index (χ0n) is 12.0. The molecule has 2 aromatic heterocycles. The molecule has 3 N–H and O–H groups in total. The summed E-state index contributed by atoms with van der Waals surface area (Å²) in [5.41, 5.74) is 1.67. The van der Waals surface area contributed by atoms with Crippen LogP contribution >= 0.6 is 0 Å². The van der Waals surface area contributed by atoms with Crippen molar-refractivity contribution < 1.29 is 14.7 Å². The first-order chi connectivity index (χ1) is 10.0. The maximum absolute atomic E-state index is 12.2. The lowest BCUT2D eigenvalue weighted by molar-refractivity contribution is -0.139. The van der Waals surface area contributed by atoms with Crippen LogP contribution in [-0.4, -0.2) is 38.2 Å². The lowest BCUT2D eigenvalue weighted by Gasteiger charge is -2.13. The number of aryl methyl sites for hydroxylation is 1. The Kier molecular flexibility index (Phi) is 4.52. The Morgan fingerprint density at radius 1 is 1.48 bits per heavy atom. The topological polar surface area (TPSA) is 108 Å². The third-order valence-corrected chi connectivity index (χ3v) is 3.31. The standard InChI is InChI=1S/C14H18N4O3/c1-3-4-5-11(14(20)21)16-13(19)9-6-10-8(2)17-18-12(10)15-7-9/h6-7,11H,3-5H2,1-2H3,(H,16,19)(H,20,21)(H,15,17,18)/t11-/m0/s1. The highest BCUT2D eigenvalue weighted by Gasteiger charge is 2.20. The van der Waals surface area contributed by atoms with Crippen LogP contribution in [0.5, 0.6) is 0 Å². The van der Waals surface area contributed by atoms with Gasteiger partial charge in [0.15, 0.2) is 5.65 Å². The number of aromatic nitrogens is 3. The summed E-state index contributed by atoms with van der Waals surface area (Å²) in [6.45, 7) is 3.81. The zero-order valence-corrected chi connectivity index (χ0v) is 12.0. The summed E-state index contributed by atoms with van der Waals surface area (Å²) in [6.07, 6.45) is 3.44. The van der Waals surface area contributed by atoms with Crippen LogP contribution in [0.2, 0.25) is 0 Å². The number of carbonyl (C=O) groups excluding carboxylic acids is 1. The number of unbranched alkanes of at least 4 members (excludes halogenated alkanes) is 1. The number of H-pyrrole nitrogens is 1. The number of amides is 1. The molecule has 0 radical (unpaired) electrons. The molecule has 7 nitrogen and oxygen atoms in total. The fourth-order valence-electron chi connectivity index (χ4n) is 2.05. The van der Waals surface area contributed by atoms with Crippen LogP contribution in [0.4, 0.5) is 0 Å². The minimum atomic E-state index is -1.02. The van der Waals surface area contributed by atoms with Crippen molar-refractivity contribution in [2.45, 2.75) is 39.2 Å². The van der Waals surface area contributed by atoms with E-state index in [1.54, 1.807) is 6.07 Å². The van der Waals surface area contributed by atoms with Gasteiger partial charge >= 0.3 is 5.97 Å². The number of hydrogen-bond acceptors (Lipinski definition) is 4. The van der Waals surface area contributed by atoms with Crippen LogP contribution in [0, 0.1) is 6.92 Å². The number of carbonyl (C=O) groups is 2. The van der Waals surface area contributed by atoms with Gasteiger partial charge in [-0.05, 0) is 19.4 Å². The number of nitrogens with one attached hydrogen (secondary N) is 2. The quantitative estimate of drug-likeness (QED) is 0.749. The molecular weight excluding hydrogens is 272 g/mol. The van der Waals surface area contributed by atoms with Crippen LogP contribution < -0.4 is 5.32 Å². The molecule has 0 saturated carbocycles. The molecule has 1 amide bonds. The van der Waals surface area contributed by atoms with Crippen LogP contribution in [0.3, 0.4) is 0 Å². The smallest absolute Gasteiger partial charge is 0.326 e. The minimum Gasteiger partial charge on any atom is -0.480 e. The Morgan fingerprint density at radius 3 is 2.90 bits per heavy atom. The van der Waals surface area contributed by atoms with Crippen LogP contribution in [0.1, 0.15) is 42.2 Å². The molecule has 0 aliphatic carbocycles. The molecule has 0 unspecified atom stereocenters. The van der Waals surface area contributed by atoms with Crippen molar-refractivity contribution in [3.05, 3.63) is 23.5 Å². The molecule has 112 valence electrons. The van der Waals surface area contributed by atoms with Crippen molar-refractivity contribution in [1.82, 2.24) is 20.5 Å². The SMILES string of the molecule is CCCC[C@H](NC(=O)c1cnc2n[nH]c(C)c2c1)C(=O)O. The van der Waals surface area contributed by atoms with E-state index in [9.17, 15) is 9.59 Å². The molecule has 0 bridgehead atoms. The Hall–Kier alpha value is -2.44. The Balaban J connectivity index is 2.16. The number of hydrogen-bond donors (Lipinski definition) is 3. The average Bonchev–Trinajstić information content (AvgIpc) is 2.84. The van der Waals surface area contributed by atoms with Gasteiger partial charge in [-0.25, -0.2) is 9.78 Å². The van der Waals surface area contributed by atoms with E-state index in [1.807, 2.05) is 13.8 Å². The van der Waals surface area contributed by atoms with E-state index in [0.717, 1.165) is 23.9 Å². The second kappa shape index (κ2) is 6.34. The second-order valence-corrected chi connectivity index (χ2v) is 4.95. The second-order valence-electron chi connectivity index (χ2n) is 4.95. The molecule has 0 fully saturated rings. The van der Waals surface area contributed by atoms with E-state index in [-0.39, 0.29) is 0 Å². The molecule has 2 rings (SSSR count). The number of carboxylic acids is 1. The highest BCUT2D eigenvalue weighted by molar-refractivity contribution is 5.98. The first-order valence-corrected chi connectivity index (χ1v) is 6.87. The highest BCUT2D eigenvalue weighted by Crippen LogP contribution is 2.14. The van der Waals surface area contributed by atoms with Crippen LogP contribution in [-0.2, 0) is 4.79 Å². The van der Waals surface area contributed by atoms with Crippen LogP contribution in [0.15, 0.2) is 12.3 Å². The molecule has 7 heteroatoms. The normalized spacial score (nSPS) is 12.3. The highest BCUT2D eigenvalue weighted by atomic mass is 16.4. The monoisotopic (exact) mass is 290 g/mol. The molecule has 2 aromatic rings. The number of carboxylic acid groups (broad SMARTS) is 1. The van der Waals surface area contributed by atoms with Gasteiger partial charge in [0.05, 0.1) is 5.56 Å². The van der Waals surface area contributed by atoms with Crippen molar-refractivity contribution in [3.63, 3.8) is 0 Å². The van der Waals surface area contributed by atoms with Gasteiger partial charge in [0, 0.05) is 17.3 Å². The van der Waals surface area contributed by atoms with Gasteiger partial charge in [-0.1, -0.05) is 19.8 Å². The summed E-state index contributed by atoms with van der Waals surface area (Å²) in [6, 6.07) is 0.786. The Morgan fingerprint density at radius 2 is 2.24 bits per heavy atom. The maximum atomic E-state index is 12.2. The number of pyridine rings is 1. The number of aromatic amines is 1. The number of fused-ring (bicyclic) bond motifs is 1. The molecule has 21 heavy (non-hydrogen) atoms. The van der Waals surface area contributed by atoms with Gasteiger partial charge in [-0.15, -0.1) is 0 Å². The summed E-state index contributed by atoms with van der Waals surface area (Å²) in [5.74, 6) is -1.46. The number of nitrogens with zero attached hydrogens (tertiary/aromatic N) is 2. The predicted octanol–water partition coefficient (Wildman–Crippen LogP) is 1.64. The Labute approximate surface area is 121 Å². The van der Waals surface area contributed by atoms with Gasteiger partial charge in [0.25, 0.3) is 5.91 Å². The fraction of sp³-hybridized carbons (Fsp3) is 0.429. The summed E-state index contributed by atoms with van der Waals surface area (Å²) in [4.78, 5) is 27.4.